The van der Waals surface area contributed by atoms with Gasteiger partial charge in [-0.3, -0.25) is 4.79 Å². The third kappa shape index (κ3) is 2.03. The first kappa shape index (κ1) is 12.4. The zero-order valence-electron chi connectivity index (χ0n) is 10.8. The number of aryl methyl sites for hydroxylation is 1. The normalized spacial score (nSPS) is 10.6. The van der Waals surface area contributed by atoms with Crippen molar-refractivity contribution in [2.45, 2.75) is 20.8 Å². The summed E-state index contributed by atoms with van der Waals surface area (Å²) in [6, 6.07) is 3.52. The number of furan rings is 1. The quantitative estimate of drug-likeness (QED) is 0.834. The van der Waals surface area contributed by atoms with E-state index in [4.69, 9.17) is 8.94 Å². The van der Waals surface area contributed by atoms with E-state index < -0.39 is 0 Å². The van der Waals surface area contributed by atoms with Crippen molar-refractivity contribution in [1.29, 1.82) is 0 Å². The number of hydrogen-bond acceptors (Lipinski definition) is 4. The van der Waals surface area contributed by atoms with Gasteiger partial charge in [0.05, 0.1) is 6.26 Å². The predicted octanol–water partition coefficient (Wildman–Crippen LogP) is 2.73. The van der Waals surface area contributed by atoms with E-state index in [1.54, 1.807) is 30.2 Å². The number of carbonyl (C=O) groups excluding carboxylic acids is 1. The summed E-state index contributed by atoms with van der Waals surface area (Å²) in [7, 11) is 0. The summed E-state index contributed by atoms with van der Waals surface area (Å²) in [5.74, 6) is 0.978. The SMILES string of the molecule is CCN(CC)C(=O)c1c(-c2ccco2)noc1C. The molecule has 0 spiro atoms. The van der Waals surface area contributed by atoms with Crippen molar-refractivity contribution in [1.82, 2.24) is 10.1 Å². The van der Waals surface area contributed by atoms with Crippen LogP contribution >= 0.6 is 0 Å². The molecule has 0 aliphatic rings. The van der Waals surface area contributed by atoms with Crippen LogP contribution in [0.3, 0.4) is 0 Å². The largest absolute Gasteiger partial charge is 0.463 e. The Morgan fingerprint density at radius 1 is 1.39 bits per heavy atom. The van der Waals surface area contributed by atoms with Crippen molar-refractivity contribution in [3.05, 3.63) is 29.7 Å². The molecule has 2 rings (SSSR count). The van der Waals surface area contributed by atoms with E-state index in [-0.39, 0.29) is 5.91 Å². The van der Waals surface area contributed by atoms with Crippen molar-refractivity contribution >= 4 is 5.91 Å². The minimum atomic E-state index is -0.0786. The lowest BCUT2D eigenvalue weighted by molar-refractivity contribution is 0.0771. The molecule has 0 saturated carbocycles. The van der Waals surface area contributed by atoms with Crippen LogP contribution in [0.1, 0.15) is 30.0 Å². The van der Waals surface area contributed by atoms with Crippen molar-refractivity contribution in [3.63, 3.8) is 0 Å². The molecule has 96 valence electrons. The number of amides is 1. The lowest BCUT2D eigenvalue weighted by Gasteiger charge is -2.18. The second-order valence-electron chi connectivity index (χ2n) is 3.92. The summed E-state index contributed by atoms with van der Waals surface area (Å²) in [6.45, 7) is 6.92. The summed E-state index contributed by atoms with van der Waals surface area (Å²) in [4.78, 5) is 14.1. The van der Waals surface area contributed by atoms with Crippen LogP contribution in [0, 0.1) is 6.92 Å². The average molecular weight is 248 g/mol. The molecule has 0 radical (unpaired) electrons. The summed E-state index contributed by atoms with van der Waals surface area (Å²) >= 11 is 0. The van der Waals surface area contributed by atoms with Gasteiger partial charge in [0.1, 0.15) is 11.3 Å². The molecule has 0 bridgehead atoms. The van der Waals surface area contributed by atoms with Gasteiger partial charge < -0.3 is 13.8 Å². The fourth-order valence-corrected chi connectivity index (χ4v) is 1.87. The molecule has 0 aromatic carbocycles. The molecule has 0 saturated heterocycles. The third-order valence-corrected chi connectivity index (χ3v) is 2.88. The Kier molecular flexibility index (Phi) is 3.50. The molecule has 5 heteroatoms. The topological polar surface area (TPSA) is 59.5 Å². The van der Waals surface area contributed by atoms with E-state index in [9.17, 15) is 4.79 Å². The third-order valence-electron chi connectivity index (χ3n) is 2.88. The monoisotopic (exact) mass is 248 g/mol. The van der Waals surface area contributed by atoms with Crippen LogP contribution in [-0.4, -0.2) is 29.1 Å². The van der Waals surface area contributed by atoms with Gasteiger partial charge in [-0.05, 0) is 32.9 Å². The standard InChI is InChI=1S/C13H16N2O3/c1-4-15(5-2)13(16)11-9(3)18-14-12(11)10-7-6-8-17-10/h6-8H,4-5H2,1-3H3. The highest BCUT2D eigenvalue weighted by Gasteiger charge is 2.25. The fraction of sp³-hybridized carbons (Fsp3) is 0.385. The van der Waals surface area contributed by atoms with E-state index in [1.165, 1.54) is 0 Å². The molecular formula is C13H16N2O3. The number of carbonyl (C=O) groups is 1. The van der Waals surface area contributed by atoms with Gasteiger partial charge >= 0.3 is 0 Å². The Labute approximate surface area is 105 Å². The van der Waals surface area contributed by atoms with E-state index in [2.05, 4.69) is 5.16 Å². The summed E-state index contributed by atoms with van der Waals surface area (Å²) in [5, 5.41) is 3.91. The number of aromatic nitrogens is 1. The van der Waals surface area contributed by atoms with Gasteiger partial charge in [0.2, 0.25) is 0 Å². The molecular weight excluding hydrogens is 232 g/mol. The predicted molar refractivity (Wildman–Crippen MR) is 66.2 cm³/mol. The fourth-order valence-electron chi connectivity index (χ4n) is 1.87. The maximum Gasteiger partial charge on any atom is 0.259 e. The van der Waals surface area contributed by atoms with Crippen LogP contribution < -0.4 is 0 Å². The minimum Gasteiger partial charge on any atom is -0.463 e. The summed E-state index contributed by atoms with van der Waals surface area (Å²) in [5.41, 5.74) is 0.947. The van der Waals surface area contributed by atoms with Gasteiger partial charge in [-0.25, -0.2) is 0 Å². The molecule has 0 unspecified atom stereocenters. The van der Waals surface area contributed by atoms with Gasteiger partial charge in [-0.2, -0.15) is 0 Å². The number of nitrogens with zero attached hydrogens (tertiary/aromatic N) is 2. The Balaban J connectivity index is 2.44. The van der Waals surface area contributed by atoms with Crippen LogP contribution in [0.15, 0.2) is 27.3 Å². The Morgan fingerprint density at radius 3 is 2.67 bits per heavy atom. The van der Waals surface area contributed by atoms with Gasteiger partial charge in [0, 0.05) is 13.1 Å². The van der Waals surface area contributed by atoms with E-state index in [0.717, 1.165) is 0 Å². The van der Waals surface area contributed by atoms with E-state index in [1.807, 2.05) is 13.8 Å². The first-order valence-electron chi connectivity index (χ1n) is 5.98. The second-order valence-corrected chi connectivity index (χ2v) is 3.92. The van der Waals surface area contributed by atoms with E-state index in [0.29, 0.717) is 35.9 Å². The molecule has 0 atom stereocenters. The van der Waals surface area contributed by atoms with E-state index >= 15 is 0 Å². The van der Waals surface area contributed by atoms with Gasteiger partial charge in [-0.15, -0.1) is 0 Å². The first-order chi connectivity index (χ1) is 8.69. The average Bonchev–Trinajstić information content (AvgIpc) is 2.98. The van der Waals surface area contributed by atoms with Crippen LogP contribution in [0.2, 0.25) is 0 Å². The molecule has 2 aromatic heterocycles. The zero-order chi connectivity index (χ0) is 13.1. The number of hydrogen-bond donors (Lipinski definition) is 0. The molecule has 18 heavy (non-hydrogen) atoms. The second kappa shape index (κ2) is 5.08. The van der Waals surface area contributed by atoms with Gasteiger partial charge in [0.25, 0.3) is 5.91 Å². The van der Waals surface area contributed by atoms with Crippen molar-refractivity contribution in [3.8, 4) is 11.5 Å². The lowest BCUT2D eigenvalue weighted by Crippen LogP contribution is -2.31. The van der Waals surface area contributed by atoms with Crippen LogP contribution in [0.25, 0.3) is 11.5 Å². The molecule has 1 amide bonds. The first-order valence-corrected chi connectivity index (χ1v) is 5.98. The van der Waals surface area contributed by atoms with Gasteiger partial charge in [-0.1, -0.05) is 5.16 Å². The highest BCUT2D eigenvalue weighted by Crippen LogP contribution is 2.26. The maximum absolute atomic E-state index is 12.4. The highest BCUT2D eigenvalue weighted by molar-refractivity contribution is 6.00. The van der Waals surface area contributed by atoms with Crippen LogP contribution in [0.5, 0.6) is 0 Å². The van der Waals surface area contributed by atoms with Crippen LogP contribution in [-0.2, 0) is 0 Å². The summed E-state index contributed by atoms with van der Waals surface area (Å²) < 4.78 is 10.4. The van der Waals surface area contributed by atoms with Crippen molar-refractivity contribution in [2.24, 2.45) is 0 Å². The smallest absolute Gasteiger partial charge is 0.259 e. The molecule has 0 fully saturated rings. The van der Waals surface area contributed by atoms with Crippen LogP contribution in [0.4, 0.5) is 0 Å². The molecule has 2 aromatic rings. The Bertz CT molecular complexity index is 524. The number of rotatable bonds is 4. The molecule has 2 heterocycles. The molecule has 5 nitrogen and oxygen atoms in total. The van der Waals surface area contributed by atoms with Crippen molar-refractivity contribution in [2.75, 3.05) is 13.1 Å². The minimum absolute atomic E-state index is 0.0786. The Morgan fingerprint density at radius 2 is 2.11 bits per heavy atom. The lowest BCUT2D eigenvalue weighted by atomic mass is 10.1. The van der Waals surface area contributed by atoms with Crippen molar-refractivity contribution < 1.29 is 13.7 Å². The maximum atomic E-state index is 12.4. The molecule has 0 aliphatic heterocycles. The Hall–Kier alpha value is -2.04. The highest BCUT2D eigenvalue weighted by atomic mass is 16.5. The molecule has 0 aliphatic carbocycles. The van der Waals surface area contributed by atoms with Gasteiger partial charge in [0.15, 0.2) is 11.5 Å². The molecule has 0 N–H and O–H groups in total. The zero-order valence-corrected chi connectivity index (χ0v) is 10.8. The summed E-state index contributed by atoms with van der Waals surface area (Å²) in [6.07, 6.45) is 1.55.